The van der Waals surface area contributed by atoms with Crippen molar-refractivity contribution in [2.45, 2.75) is 37.5 Å². The second-order valence-corrected chi connectivity index (χ2v) is 8.42. The number of halogens is 6. The number of Topliss-reactive ketones (excluding diaryl/α,β-unsaturated/α-hetero) is 1. The number of fused-ring (bicyclic) bond motifs is 1. The normalized spacial score (nSPS) is 15.8. The van der Waals surface area contributed by atoms with Crippen LogP contribution in [0, 0.1) is 5.82 Å². The van der Waals surface area contributed by atoms with Crippen molar-refractivity contribution in [3.63, 3.8) is 0 Å². The Kier molecular flexibility index (Phi) is 5.72. The molecule has 0 saturated carbocycles. The molecule has 0 radical (unpaired) electrons. The molecule has 156 valence electrons. The number of ketones is 1. The Morgan fingerprint density at radius 2 is 1.59 bits per heavy atom. The number of alkyl halides is 3. The zero-order valence-corrected chi connectivity index (χ0v) is 16.7. The summed E-state index contributed by atoms with van der Waals surface area (Å²) in [6.07, 6.45) is -5.40. The zero-order valence-electron chi connectivity index (χ0n) is 14.4. The summed E-state index contributed by atoms with van der Waals surface area (Å²) in [4.78, 5) is 23.9. The number of benzene rings is 1. The number of aliphatic hydroxyl groups is 1. The second kappa shape index (κ2) is 7.54. The van der Waals surface area contributed by atoms with Gasteiger partial charge in [-0.3, -0.25) is 4.79 Å². The number of hydrogen-bond donors (Lipinski definition) is 2. The summed E-state index contributed by atoms with van der Waals surface area (Å²) in [5.74, 6) is -3.50. The van der Waals surface area contributed by atoms with Crippen LogP contribution in [0.4, 0.5) is 17.6 Å². The Balaban J connectivity index is 2.06. The van der Waals surface area contributed by atoms with Gasteiger partial charge in [0.15, 0.2) is 17.2 Å². The number of hydrogen-bond acceptors (Lipinski definition) is 4. The van der Waals surface area contributed by atoms with Crippen molar-refractivity contribution in [2.75, 3.05) is 0 Å². The molecule has 0 fully saturated rings. The quantitative estimate of drug-likeness (QED) is 0.348. The van der Waals surface area contributed by atoms with Crippen LogP contribution in [0.2, 0.25) is 10.0 Å². The third-order valence-electron chi connectivity index (χ3n) is 4.76. The Labute approximate surface area is 175 Å². The number of carboxylic acids is 1. The Morgan fingerprint density at radius 1 is 1.07 bits per heavy atom. The molecule has 0 amide bonds. The molecule has 0 bridgehead atoms. The van der Waals surface area contributed by atoms with Crippen LogP contribution in [0.1, 0.15) is 48.9 Å². The molecule has 29 heavy (non-hydrogen) atoms. The lowest BCUT2D eigenvalue weighted by Gasteiger charge is -2.30. The van der Waals surface area contributed by atoms with Crippen molar-refractivity contribution in [1.82, 2.24) is 0 Å². The van der Waals surface area contributed by atoms with Crippen LogP contribution in [-0.2, 0) is 18.4 Å². The molecular formula is C18H12Cl2F4O4S. The van der Waals surface area contributed by atoms with Crippen molar-refractivity contribution in [3.05, 3.63) is 54.4 Å². The molecule has 0 saturated heterocycles. The minimum absolute atomic E-state index is 0.0933. The highest BCUT2D eigenvalue weighted by Crippen LogP contribution is 2.45. The molecule has 0 spiro atoms. The predicted octanol–water partition coefficient (Wildman–Crippen LogP) is 5.40. The van der Waals surface area contributed by atoms with Crippen LogP contribution in [0.5, 0.6) is 0 Å². The fourth-order valence-electron chi connectivity index (χ4n) is 3.34. The van der Waals surface area contributed by atoms with Gasteiger partial charge in [0, 0.05) is 0 Å². The summed E-state index contributed by atoms with van der Waals surface area (Å²) in [6, 6.07) is 1.12. The SMILES string of the molecule is O=C(O)c1sc(C(=O)CC(O)(c2cc(Cl)c(F)c(Cl)c2)C(F)(F)F)c2c1CCC2. The molecule has 1 unspecified atom stereocenters. The van der Waals surface area contributed by atoms with Gasteiger partial charge in [-0.1, -0.05) is 23.2 Å². The van der Waals surface area contributed by atoms with E-state index in [9.17, 15) is 37.4 Å². The monoisotopic (exact) mass is 470 g/mol. The van der Waals surface area contributed by atoms with Crippen molar-refractivity contribution in [3.8, 4) is 0 Å². The fourth-order valence-corrected chi connectivity index (χ4v) is 5.00. The Hall–Kier alpha value is -1.68. The largest absolute Gasteiger partial charge is 0.477 e. The van der Waals surface area contributed by atoms with E-state index in [1.807, 2.05) is 0 Å². The van der Waals surface area contributed by atoms with Gasteiger partial charge in [0.05, 0.1) is 21.3 Å². The first-order valence-corrected chi connectivity index (χ1v) is 9.79. The minimum atomic E-state index is -5.32. The third kappa shape index (κ3) is 3.76. The van der Waals surface area contributed by atoms with Gasteiger partial charge in [-0.05, 0) is 48.1 Å². The summed E-state index contributed by atoms with van der Waals surface area (Å²) < 4.78 is 54.9. The van der Waals surface area contributed by atoms with Crippen molar-refractivity contribution in [1.29, 1.82) is 0 Å². The van der Waals surface area contributed by atoms with Gasteiger partial charge < -0.3 is 10.2 Å². The molecule has 4 nitrogen and oxygen atoms in total. The molecule has 1 aromatic heterocycles. The maximum atomic E-state index is 13.8. The van der Waals surface area contributed by atoms with Gasteiger partial charge >= 0.3 is 12.1 Å². The van der Waals surface area contributed by atoms with Crippen LogP contribution in [0.25, 0.3) is 0 Å². The molecule has 3 rings (SSSR count). The van der Waals surface area contributed by atoms with E-state index in [1.165, 1.54) is 0 Å². The third-order valence-corrected chi connectivity index (χ3v) is 6.62. The highest BCUT2D eigenvalue weighted by Gasteiger charge is 2.56. The van der Waals surface area contributed by atoms with Crippen LogP contribution < -0.4 is 0 Å². The van der Waals surface area contributed by atoms with E-state index in [4.69, 9.17) is 23.2 Å². The highest BCUT2D eigenvalue weighted by atomic mass is 35.5. The lowest BCUT2D eigenvalue weighted by Crippen LogP contribution is -2.44. The zero-order chi connectivity index (χ0) is 21.7. The topological polar surface area (TPSA) is 74.6 Å². The first-order chi connectivity index (χ1) is 13.4. The van der Waals surface area contributed by atoms with Crippen molar-refractivity contribution < 1.29 is 37.4 Å². The average molecular weight is 471 g/mol. The average Bonchev–Trinajstić information content (AvgIpc) is 3.19. The lowest BCUT2D eigenvalue weighted by atomic mass is 9.87. The van der Waals surface area contributed by atoms with Crippen LogP contribution in [0.3, 0.4) is 0 Å². The summed E-state index contributed by atoms with van der Waals surface area (Å²) in [7, 11) is 0. The molecule has 1 aliphatic rings. The van der Waals surface area contributed by atoms with Gasteiger partial charge in [-0.15, -0.1) is 11.3 Å². The summed E-state index contributed by atoms with van der Waals surface area (Å²) in [5.41, 5.74) is -3.74. The van der Waals surface area contributed by atoms with Gasteiger partial charge in [0.1, 0.15) is 4.88 Å². The predicted molar refractivity (Wildman–Crippen MR) is 98.6 cm³/mol. The number of rotatable bonds is 5. The molecule has 1 aliphatic carbocycles. The molecule has 11 heteroatoms. The molecule has 1 aromatic carbocycles. The summed E-state index contributed by atoms with van der Waals surface area (Å²) in [6.45, 7) is 0. The molecule has 1 atom stereocenters. The van der Waals surface area contributed by atoms with E-state index in [-0.39, 0.29) is 9.75 Å². The Morgan fingerprint density at radius 3 is 2.07 bits per heavy atom. The van der Waals surface area contributed by atoms with E-state index < -0.39 is 51.4 Å². The number of aromatic carboxylic acids is 1. The smallest absolute Gasteiger partial charge is 0.421 e. The maximum absolute atomic E-state index is 13.8. The molecule has 2 aromatic rings. The molecular weight excluding hydrogens is 459 g/mol. The minimum Gasteiger partial charge on any atom is -0.477 e. The van der Waals surface area contributed by atoms with Crippen LogP contribution >= 0.6 is 34.5 Å². The number of thiophene rings is 1. The van der Waals surface area contributed by atoms with E-state index in [2.05, 4.69) is 0 Å². The molecule has 1 heterocycles. The molecule has 0 aliphatic heterocycles. The van der Waals surface area contributed by atoms with Gasteiger partial charge in [0.25, 0.3) is 0 Å². The van der Waals surface area contributed by atoms with Gasteiger partial charge in [0.2, 0.25) is 0 Å². The van der Waals surface area contributed by atoms with Crippen LogP contribution in [-0.4, -0.2) is 28.1 Å². The summed E-state index contributed by atoms with van der Waals surface area (Å²) >= 11 is 11.7. The first kappa shape index (κ1) is 22.0. The molecule has 2 N–H and O–H groups in total. The van der Waals surface area contributed by atoms with E-state index in [0.29, 0.717) is 53.9 Å². The highest BCUT2D eigenvalue weighted by molar-refractivity contribution is 7.16. The number of carbonyl (C=O) groups excluding carboxylic acids is 1. The van der Waals surface area contributed by atoms with E-state index in [0.717, 1.165) is 0 Å². The van der Waals surface area contributed by atoms with Crippen molar-refractivity contribution >= 4 is 46.3 Å². The summed E-state index contributed by atoms with van der Waals surface area (Å²) in [5, 5.41) is 18.2. The number of carbonyl (C=O) groups is 2. The van der Waals surface area contributed by atoms with Gasteiger partial charge in [-0.2, -0.15) is 13.2 Å². The first-order valence-electron chi connectivity index (χ1n) is 8.22. The number of carboxylic acid groups (broad SMARTS) is 1. The van der Waals surface area contributed by atoms with E-state index in [1.54, 1.807) is 0 Å². The maximum Gasteiger partial charge on any atom is 0.421 e. The van der Waals surface area contributed by atoms with E-state index >= 15 is 0 Å². The van der Waals surface area contributed by atoms with Crippen LogP contribution in [0.15, 0.2) is 12.1 Å². The lowest BCUT2D eigenvalue weighted by molar-refractivity contribution is -0.264. The fraction of sp³-hybridized carbons (Fsp3) is 0.333. The van der Waals surface area contributed by atoms with Crippen molar-refractivity contribution in [2.24, 2.45) is 0 Å². The Bertz CT molecular complexity index is 995. The standard InChI is InChI=1S/C18H12Cl2F4O4S/c19-10-4-7(5-11(20)13(10)21)17(28,18(22,23)24)6-12(25)14-8-2-1-3-9(8)15(29-14)16(26)27/h4-5,28H,1-3,6H2,(H,26,27). The second-order valence-electron chi connectivity index (χ2n) is 6.59. The van der Waals surface area contributed by atoms with Gasteiger partial charge in [-0.25, -0.2) is 9.18 Å².